The number of nitrogens with zero attached hydrogens (tertiary/aromatic N) is 2. The molecule has 3 atom stereocenters. The van der Waals surface area contributed by atoms with Gasteiger partial charge in [0.2, 0.25) is 5.91 Å². The van der Waals surface area contributed by atoms with Crippen LogP contribution in [0.5, 0.6) is 0 Å². The van der Waals surface area contributed by atoms with Crippen LogP contribution in [-0.2, 0) is 14.3 Å². The van der Waals surface area contributed by atoms with Crippen molar-refractivity contribution in [3.8, 4) is 0 Å². The maximum absolute atomic E-state index is 12.8. The first-order chi connectivity index (χ1) is 14.0. The SMILES string of the molecule is COCC(=O)N1[C@@H]2CC[C@H]1CC(OC1CCN(C(=O)c3cc(C)oc3C)CC1)C2. The lowest BCUT2D eigenvalue weighted by Gasteiger charge is -2.41. The Hall–Kier alpha value is -1.86. The van der Waals surface area contributed by atoms with Crippen LogP contribution in [0, 0.1) is 13.8 Å². The Balaban J connectivity index is 1.27. The molecule has 160 valence electrons. The second-order valence-electron chi connectivity index (χ2n) is 8.67. The molecule has 1 unspecified atom stereocenters. The molecule has 0 saturated carbocycles. The lowest BCUT2D eigenvalue weighted by atomic mass is 9.98. The molecule has 4 heterocycles. The lowest BCUT2D eigenvalue weighted by Crippen LogP contribution is -2.51. The van der Waals surface area contributed by atoms with Gasteiger partial charge < -0.3 is 23.7 Å². The third kappa shape index (κ3) is 4.21. The van der Waals surface area contributed by atoms with Crippen LogP contribution in [-0.4, -0.2) is 72.7 Å². The highest BCUT2D eigenvalue weighted by Crippen LogP contribution is 2.38. The molecule has 2 bridgehead atoms. The molecule has 3 aliphatic rings. The molecule has 3 saturated heterocycles. The minimum atomic E-state index is 0.0563. The Morgan fingerprint density at radius 3 is 2.28 bits per heavy atom. The fraction of sp³-hybridized carbons (Fsp3) is 0.727. The summed E-state index contributed by atoms with van der Waals surface area (Å²) in [5.41, 5.74) is 0.673. The molecule has 0 aliphatic carbocycles. The second-order valence-corrected chi connectivity index (χ2v) is 8.67. The van der Waals surface area contributed by atoms with Gasteiger partial charge in [0.15, 0.2) is 0 Å². The van der Waals surface area contributed by atoms with Crippen molar-refractivity contribution < 1.29 is 23.5 Å². The normalized spacial score (nSPS) is 27.5. The Kier molecular flexibility index (Phi) is 5.97. The van der Waals surface area contributed by atoms with Gasteiger partial charge in [-0.25, -0.2) is 0 Å². The fourth-order valence-corrected chi connectivity index (χ4v) is 5.32. The van der Waals surface area contributed by atoms with Crippen LogP contribution in [0.25, 0.3) is 0 Å². The number of amides is 2. The van der Waals surface area contributed by atoms with Crippen molar-refractivity contribution in [3.63, 3.8) is 0 Å². The summed E-state index contributed by atoms with van der Waals surface area (Å²) in [5.74, 6) is 1.63. The summed E-state index contributed by atoms with van der Waals surface area (Å²) in [7, 11) is 1.57. The van der Waals surface area contributed by atoms with Crippen molar-refractivity contribution in [1.82, 2.24) is 9.80 Å². The van der Waals surface area contributed by atoms with Crippen molar-refractivity contribution in [2.24, 2.45) is 0 Å². The number of ether oxygens (including phenoxy) is 2. The third-order valence-electron chi connectivity index (χ3n) is 6.63. The number of furan rings is 1. The first-order valence-electron chi connectivity index (χ1n) is 10.8. The van der Waals surface area contributed by atoms with E-state index < -0.39 is 0 Å². The molecule has 0 N–H and O–H groups in total. The van der Waals surface area contributed by atoms with Crippen molar-refractivity contribution in [2.45, 2.75) is 76.7 Å². The van der Waals surface area contributed by atoms with Gasteiger partial charge in [-0.1, -0.05) is 0 Å². The number of piperidine rings is 2. The first kappa shape index (κ1) is 20.4. The predicted molar refractivity (Wildman–Crippen MR) is 107 cm³/mol. The highest BCUT2D eigenvalue weighted by Gasteiger charge is 2.44. The number of fused-ring (bicyclic) bond motifs is 2. The van der Waals surface area contributed by atoms with E-state index in [1.54, 1.807) is 7.11 Å². The molecule has 0 aromatic carbocycles. The maximum atomic E-state index is 12.8. The number of methoxy groups -OCH3 is 1. The summed E-state index contributed by atoms with van der Waals surface area (Å²) in [5, 5.41) is 0. The Labute approximate surface area is 172 Å². The third-order valence-corrected chi connectivity index (χ3v) is 6.63. The molecule has 1 aromatic heterocycles. The summed E-state index contributed by atoms with van der Waals surface area (Å²) in [6, 6.07) is 2.40. The van der Waals surface area contributed by atoms with Gasteiger partial charge in [0, 0.05) is 32.3 Å². The van der Waals surface area contributed by atoms with Crippen LogP contribution >= 0.6 is 0 Å². The van der Waals surface area contributed by atoms with E-state index in [-0.39, 0.29) is 42.7 Å². The van der Waals surface area contributed by atoms with Crippen LogP contribution in [0.15, 0.2) is 10.5 Å². The molecule has 1 aromatic rings. The molecule has 29 heavy (non-hydrogen) atoms. The molecule has 0 radical (unpaired) electrons. The smallest absolute Gasteiger partial charge is 0.257 e. The Morgan fingerprint density at radius 1 is 1.07 bits per heavy atom. The minimum absolute atomic E-state index is 0.0563. The van der Waals surface area contributed by atoms with Crippen molar-refractivity contribution in [2.75, 3.05) is 26.8 Å². The van der Waals surface area contributed by atoms with E-state index in [1.165, 1.54) is 0 Å². The second kappa shape index (κ2) is 8.48. The van der Waals surface area contributed by atoms with Gasteiger partial charge in [-0.05, 0) is 58.4 Å². The summed E-state index contributed by atoms with van der Waals surface area (Å²) in [6.07, 6.45) is 6.09. The Bertz CT molecular complexity index is 738. The van der Waals surface area contributed by atoms with Crippen molar-refractivity contribution in [3.05, 3.63) is 23.2 Å². The molecule has 7 nitrogen and oxygen atoms in total. The molecule has 2 amide bonds. The monoisotopic (exact) mass is 404 g/mol. The molecule has 4 rings (SSSR count). The number of hydrogen-bond donors (Lipinski definition) is 0. The maximum Gasteiger partial charge on any atom is 0.257 e. The molecule has 0 spiro atoms. The molecular formula is C22H32N2O5. The van der Waals surface area contributed by atoms with Crippen LogP contribution in [0.2, 0.25) is 0 Å². The zero-order valence-corrected chi connectivity index (χ0v) is 17.7. The molecule has 3 fully saturated rings. The fourth-order valence-electron chi connectivity index (χ4n) is 5.32. The topological polar surface area (TPSA) is 72.2 Å². The quantitative estimate of drug-likeness (QED) is 0.755. The van der Waals surface area contributed by atoms with Gasteiger partial charge in [-0.2, -0.15) is 0 Å². The van der Waals surface area contributed by atoms with Crippen LogP contribution in [0.1, 0.15) is 60.4 Å². The van der Waals surface area contributed by atoms with E-state index in [0.717, 1.165) is 44.3 Å². The van der Waals surface area contributed by atoms with Crippen LogP contribution in [0.4, 0.5) is 0 Å². The number of carbonyl (C=O) groups is 2. The number of carbonyl (C=O) groups excluding carboxylic acids is 2. The highest BCUT2D eigenvalue weighted by atomic mass is 16.5. The highest BCUT2D eigenvalue weighted by molar-refractivity contribution is 5.95. The van der Waals surface area contributed by atoms with Gasteiger partial charge in [-0.15, -0.1) is 0 Å². The zero-order valence-electron chi connectivity index (χ0n) is 17.7. The number of likely N-dealkylation sites (tertiary alicyclic amines) is 1. The standard InChI is InChI=1S/C22H32N2O5/c1-14-10-20(15(2)28-14)22(26)23-8-6-18(7-9-23)29-19-11-16-4-5-17(12-19)24(16)21(25)13-27-3/h10,16-19H,4-9,11-13H2,1-3H3/t16-,17+,19?. The van der Waals surface area contributed by atoms with E-state index in [9.17, 15) is 9.59 Å². The van der Waals surface area contributed by atoms with E-state index in [1.807, 2.05) is 29.7 Å². The first-order valence-corrected chi connectivity index (χ1v) is 10.8. The minimum Gasteiger partial charge on any atom is -0.466 e. The van der Waals surface area contributed by atoms with Crippen LogP contribution in [0.3, 0.4) is 0 Å². The summed E-state index contributed by atoms with van der Waals surface area (Å²) < 4.78 is 17.0. The number of aryl methyl sites for hydroxylation is 2. The average Bonchev–Trinajstić information content (AvgIpc) is 3.17. The lowest BCUT2D eigenvalue weighted by molar-refractivity contribution is -0.144. The molecular weight excluding hydrogens is 372 g/mol. The van der Waals surface area contributed by atoms with Gasteiger partial charge in [-0.3, -0.25) is 9.59 Å². The summed E-state index contributed by atoms with van der Waals surface area (Å²) in [6.45, 7) is 5.30. The van der Waals surface area contributed by atoms with E-state index in [0.29, 0.717) is 24.4 Å². The Morgan fingerprint density at radius 2 is 1.72 bits per heavy atom. The van der Waals surface area contributed by atoms with Gasteiger partial charge in [0.1, 0.15) is 18.1 Å². The predicted octanol–water partition coefficient (Wildman–Crippen LogP) is 2.69. The van der Waals surface area contributed by atoms with E-state index in [4.69, 9.17) is 13.9 Å². The van der Waals surface area contributed by atoms with Gasteiger partial charge in [0.05, 0.1) is 17.8 Å². The van der Waals surface area contributed by atoms with E-state index >= 15 is 0 Å². The van der Waals surface area contributed by atoms with Crippen LogP contribution < -0.4 is 0 Å². The number of hydrogen-bond acceptors (Lipinski definition) is 5. The molecule has 3 aliphatic heterocycles. The zero-order chi connectivity index (χ0) is 20.5. The largest absolute Gasteiger partial charge is 0.466 e. The van der Waals surface area contributed by atoms with Gasteiger partial charge in [0.25, 0.3) is 5.91 Å². The van der Waals surface area contributed by atoms with Crippen molar-refractivity contribution in [1.29, 1.82) is 0 Å². The van der Waals surface area contributed by atoms with Crippen molar-refractivity contribution >= 4 is 11.8 Å². The summed E-state index contributed by atoms with van der Waals surface area (Å²) in [4.78, 5) is 29.0. The number of rotatable bonds is 5. The summed E-state index contributed by atoms with van der Waals surface area (Å²) >= 11 is 0. The average molecular weight is 405 g/mol. The van der Waals surface area contributed by atoms with E-state index in [2.05, 4.69) is 0 Å². The van der Waals surface area contributed by atoms with Gasteiger partial charge >= 0.3 is 0 Å². The molecule has 7 heteroatoms.